The molecule has 1 amide bonds. The van der Waals surface area contributed by atoms with Crippen molar-refractivity contribution in [1.29, 1.82) is 0 Å². The second kappa shape index (κ2) is 4.42. The van der Waals surface area contributed by atoms with Crippen molar-refractivity contribution in [2.75, 3.05) is 26.3 Å². The molecule has 0 aromatic carbocycles. The van der Waals surface area contributed by atoms with E-state index in [1.54, 1.807) is 4.90 Å². The zero-order valence-electron chi connectivity index (χ0n) is 7.28. The lowest BCUT2D eigenvalue weighted by molar-refractivity contribution is -0.139. The third kappa shape index (κ3) is 2.46. The summed E-state index contributed by atoms with van der Waals surface area (Å²) in [5.41, 5.74) is 0. The predicted molar refractivity (Wildman–Crippen MR) is 42.2 cm³/mol. The van der Waals surface area contributed by atoms with Gasteiger partial charge in [-0.25, -0.2) is 5.11 Å². The van der Waals surface area contributed by atoms with Gasteiger partial charge in [0, 0.05) is 13.1 Å². The molecule has 0 aliphatic carbocycles. The summed E-state index contributed by atoms with van der Waals surface area (Å²) in [6.45, 7) is 3.45. The van der Waals surface area contributed by atoms with Crippen molar-refractivity contribution in [3.8, 4) is 0 Å². The molecule has 0 N–H and O–H groups in total. The number of carbonyl (C=O) groups is 1. The average molecular weight is 172 g/mol. The van der Waals surface area contributed by atoms with Gasteiger partial charge in [-0.1, -0.05) is 0 Å². The Labute approximate surface area is 72.1 Å². The number of hydrogen-bond acceptors (Lipinski definition) is 2. The van der Waals surface area contributed by atoms with Crippen LogP contribution in [-0.4, -0.2) is 43.2 Å². The van der Waals surface area contributed by atoms with Crippen molar-refractivity contribution in [3.63, 3.8) is 0 Å². The number of amides is 1. The lowest BCUT2D eigenvalue weighted by Crippen LogP contribution is -2.44. The Hall–Kier alpha value is -0.610. The second-order valence-electron chi connectivity index (χ2n) is 2.98. The molecule has 1 atom stereocenters. The lowest BCUT2D eigenvalue weighted by atomic mass is 10.3. The molecule has 0 aromatic rings. The summed E-state index contributed by atoms with van der Waals surface area (Å²) in [6, 6.07) is 0. The van der Waals surface area contributed by atoms with Gasteiger partial charge in [-0.3, -0.25) is 4.79 Å². The molecule has 1 fully saturated rings. The Balaban J connectivity index is 2.35. The number of nitrogens with zero attached hydrogens (tertiary/aromatic N) is 1. The zero-order chi connectivity index (χ0) is 8.97. The topological polar surface area (TPSA) is 49.4 Å². The molecule has 1 rings (SSSR count). The van der Waals surface area contributed by atoms with Crippen LogP contribution in [0.4, 0.5) is 0 Å². The van der Waals surface area contributed by atoms with Crippen LogP contribution in [0.2, 0.25) is 0 Å². The first-order chi connectivity index (χ1) is 5.74. The fourth-order valence-electron chi connectivity index (χ4n) is 1.29. The van der Waals surface area contributed by atoms with Crippen molar-refractivity contribution < 1.29 is 14.6 Å². The van der Waals surface area contributed by atoms with Gasteiger partial charge in [0.2, 0.25) is 5.91 Å². The lowest BCUT2D eigenvalue weighted by Gasteiger charge is -2.30. The van der Waals surface area contributed by atoms with E-state index in [9.17, 15) is 9.90 Å². The predicted octanol–water partition coefficient (Wildman–Crippen LogP) is 0.0543. The molecule has 0 spiro atoms. The highest BCUT2D eigenvalue weighted by atomic mass is 16.5. The molecule has 4 heteroatoms. The summed E-state index contributed by atoms with van der Waals surface area (Å²) in [6.07, 6.45) is 0.224. The molecule has 1 aliphatic heterocycles. The number of hydrogen-bond donors (Lipinski definition) is 0. The van der Waals surface area contributed by atoms with Crippen LogP contribution < -0.4 is 0 Å². The Kier molecular flexibility index (Phi) is 3.49. The van der Waals surface area contributed by atoms with Crippen molar-refractivity contribution in [2.24, 2.45) is 0 Å². The molecule has 1 unspecified atom stereocenters. The largest absolute Gasteiger partial charge is 0.375 e. The van der Waals surface area contributed by atoms with Crippen LogP contribution in [-0.2, 0) is 14.6 Å². The number of ether oxygens (including phenoxy) is 1. The summed E-state index contributed by atoms with van der Waals surface area (Å²) >= 11 is 0. The van der Waals surface area contributed by atoms with E-state index in [0.717, 1.165) is 0 Å². The summed E-state index contributed by atoms with van der Waals surface area (Å²) in [4.78, 5) is 12.9. The summed E-state index contributed by atoms with van der Waals surface area (Å²) in [5, 5.41) is 10.2. The quantitative estimate of drug-likeness (QED) is 0.591. The van der Waals surface area contributed by atoms with Gasteiger partial charge in [0.05, 0.1) is 25.7 Å². The van der Waals surface area contributed by atoms with Gasteiger partial charge in [0.1, 0.15) is 0 Å². The normalized spacial score (nSPS) is 24.2. The highest BCUT2D eigenvalue weighted by Gasteiger charge is 2.20. The van der Waals surface area contributed by atoms with Crippen LogP contribution in [0.3, 0.4) is 0 Å². The minimum atomic E-state index is -0.315. The van der Waals surface area contributed by atoms with E-state index in [0.29, 0.717) is 19.7 Å². The monoisotopic (exact) mass is 172 g/mol. The Morgan fingerprint density at radius 1 is 1.67 bits per heavy atom. The summed E-state index contributed by atoms with van der Waals surface area (Å²) < 4.78 is 5.26. The minimum absolute atomic E-state index is 0.0415. The fraction of sp³-hybridized carbons (Fsp3) is 0.875. The fourth-order valence-corrected chi connectivity index (χ4v) is 1.29. The van der Waals surface area contributed by atoms with Gasteiger partial charge in [-0.2, -0.15) is 0 Å². The summed E-state index contributed by atoms with van der Waals surface area (Å²) in [7, 11) is 0. The Morgan fingerprint density at radius 3 is 3.00 bits per heavy atom. The first-order valence-corrected chi connectivity index (χ1v) is 4.21. The van der Waals surface area contributed by atoms with Crippen LogP contribution >= 0.6 is 0 Å². The van der Waals surface area contributed by atoms with E-state index in [4.69, 9.17) is 4.74 Å². The van der Waals surface area contributed by atoms with Gasteiger partial charge in [-0.05, 0) is 6.92 Å². The maximum absolute atomic E-state index is 11.2. The van der Waals surface area contributed by atoms with E-state index in [1.165, 1.54) is 0 Å². The SMILES string of the molecule is CC1CN(C(=O)CC[O])CCO1. The van der Waals surface area contributed by atoms with Gasteiger partial charge < -0.3 is 9.64 Å². The molecule has 1 radical (unpaired) electrons. The van der Waals surface area contributed by atoms with Crippen molar-refractivity contribution in [2.45, 2.75) is 19.4 Å². The van der Waals surface area contributed by atoms with Gasteiger partial charge in [-0.15, -0.1) is 0 Å². The van der Waals surface area contributed by atoms with E-state index < -0.39 is 0 Å². The Bertz CT molecular complexity index is 160. The first kappa shape index (κ1) is 9.48. The van der Waals surface area contributed by atoms with Gasteiger partial charge in [0.15, 0.2) is 0 Å². The van der Waals surface area contributed by atoms with E-state index in [2.05, 4.69) is 0 Å². The third-order valence-electron chi connectivity index (χ3n) is 1.91. The zero-order valence-corrected chi connectivity index (χ0v) is 7.28. The molecule has 69 valence electrons. The van der Waals surface area contributed by atoms with Crippen LogP contribution in [0.5, 0.6) is 0 Å². The van der Waals surface area contributed by atoms with E-state index in [-0.39, 0.29) is 25.0 Å². The Morgan fingerprint density at radius 2 is 2.42 bits per heavy atom. The molecule has 0 saturated carbocycles. The molecule has 1 aliphatic rings. The molecule has 0 aromatic heterocycles. The van der Waals surface area contributed by atoms with Crippen LogP contribution in [0.15, 0.2) is 0 Å². The minimum Gasteiger partial charge on any atom is -0.375 e. The maximum atomic E-state index is 11.2. The van der Waals surface area contributed by atoms with Crippen LogP contribution in [0.25, 0.3) is 0 Å². The van der Waals surface area contributed by atoms with Gasteiger partial charge >= 0.3 is 0 Å². The number of morpholine rings is 1. The molecule has 1 heterocycles. The first-order valence-electron chi connectivity index (χ1n) is 4.21. The number of carbonyl (C=O) groups excluding carboxylic acids is 1. The van der Waals surface area contributed by atoms with Crippen molar-refractivity contribution >= 4 is 5.91 Å². The van der Waals surface area contributed by atoms with Crippen molar-refractivity contribution in [3.05, 3.63) is 0 Å². The molecule has 12 heavy (non-hydrogen) atoms. The second-order valence-corrected chi connectivity index (χ2v) is 2.98. The van der Waals surface area contributed by atoms with Crippen molar-refractivity contribution in [1.82, 2.24) is 4.90 Å². The molecule has 1 saturated heterocycles. The third-order valence-corrected chi connectivity index (χ3v) is 1.91. The van der Waals surface area contributed by atoms with Crippen LogP contribution in [0.1, 0.15) is 13.3 Å². The molecule has 4 nitrogen and oxygen atoms in total. The van der Waals surface area contributed by atoms with E-state index in [1.807, 2.05) is 6.92 Å². The standard InChI is InChI=1S/C8H14NO3/c1-7-6-9(3-5-12-7)8(11)2-4-10/h7H,2-6H2,1H3. The summed E-state index contributed by atoms with van der Waals surface area (Å²) in [5.74, 6) is -0.0415. The highest BCUT2D eigenvalue weighted by molar-refractivity contribution is 5.76. The smallest absolute Gasteiger partial charge is 0.225 e. The molecular formula is C8H14NO3. The average Bonchev–Trinajstić information content (AvgIpc) is 2.05. The maximum Gasteiger partial charge on any atom is 0.225 e. The van der Waals surface area contributed by atoms with Crippen LogP contribution in [0, 0.1) is 0 Å². The number of rotatable bonds is 2. The van der Waals surface area contributed by atoms with E-state index >= 15 is 0 Å². The molecule has 0 bridgehead atoms. The van der Waals surface area contributed by atoms with Gasteiger partial charge in [0.25, 0.3) is 0 Å². The highest BCUT2D eigenvalue weighted by Crippen LogP contribution is 2.05. The molecular weight excluding hydrogens is 158 g/mol.